The van der Waals surface area contributed by atoms with Gasteiger partial charge in [-0.2, -0.15) is 18.3 Å². The predicted octanol–water partition coefficient (Wildman–Crippen LogP) is 5.11. The molecule has 0 aliphatic carbocycles. The van der Waals surface area contributed by atoms with Gasteiger partial charge >= 0.3 is 6.18 Å². The van der Waals surface area contributed by atoms with E-state index in [1.165, 1.54) is 30.0 Å². The van der Waals surface area contributed by atoms with Crippen LogP contribution in [0, 0.1) is 13.8 Å². The van der Waals surface area contributed by atoms with E-state index in [1.54, 1.807) is 0 Å². The summed E-state index contributed by atoms with van der Waals surface area (Å²) in [6.45, 7) is 3.86. The lowest BCUT2D eigenvalue weighted by Gasteiger charge is -2.09. The monoisotopic (exact) mass is 417 g/mol. The number of alkyl halides is 3. The van der Waals surface area contributed by atoms with Gasteiger partial charge in [-0.1, -0.05) is 36.4 Å². The van der Waals surface area contributed by atoms with Crippen LogP contribution < -0.4 is 5.43 Å². The molecule has 4 nitrogen and oxygen atoms in total. The molecular formula is C21H18F3N3OS. The number of rotatable bonds is 5. The van der Waals surface area contributed by atoms with Crippen LogP contribution in [0.1, 0.15) is 22.4 Å². The van der Waals surface area contributed by atoms with Crippen LogP contribution in [0.15, 0.2) is 58.5 Å². The van der Waals surface area contributed by atoms with E-state index >= 15 is 0 Å². The number of fused-ring (bicyclic) bond motifs is 1. The molecule has 0 fully saturated rings. The number of aryl methyl sites for hydroxylation is 2. The van der Waals surface area contributed by atoms with Gasteiger partial charge in [-0.3, -0.25) is 9.78 Å². The molecule has 3 rings (SSSR count). The molecule has 0 radical (unpaired) electrons. The highest BCUT2D eigenvalue weighted by Gasteiger charge is 2.32. The molecule has 0 saturated carbocycles. The number of amides is 1. The zero-order valence-electron chi connectivity index (χ0n) is 15.7. The van der Waals surface area contributed by atoms with Crippen LogP contribution in [0.5, 0.6) is 0 Å². The number of benzene rings is 2. The molecule has 0 unspecified atom stereocenters. The first-order valence-corrected chi connectivity index (χ1v) is 9.72. The van der Waals surface area contributed by atoms with Crippen LogP contribution >= 0.6 is 11.8 Å². The molecule has 1 amide bonds. The smallest absolute Gasteiger partial charge is 0.272 e. The van der Waals surface area contributed by atoms with Crippen molar-refractivity contribution < 1.29 is 18.0 Å². The third kappa shape index (κ3) is 5.14. The van der Waals surface area contributed by atoms with Gasteiger partial charge in [0.2, 0.25) is 5.91 Å². The van der Waals surface area contributed by atoms with Crippen molar-refractivity contribution in [1.29, 1.82) is 0 Å². The van der Waals surface area contributed by atoms with Gasteiger partial charge in [-0.15, -0.1) is 11.8 Å². The quantitative estimate of drug-likeness (QED) is 0.356. The van der Waals surface area contributed by atoms with Gasteiger partial charge in [0.05, 0.1) is 23.0 Å². The van der Waals surface area contributed by atoms with Gasteiger partial charge in [0.25, 0.3) is 0 Å². The summed E-state index contributed by atoms with van der Waals surface area (Å²) in [5.74, 6) is -0.337. The number of aromatic nitrogens is 1. The molecule has 0 aliphatic heterocycles. The fourth-order valence-corrected chi connectivity index (χ4v) is 3.74. The zero-order chi connectivity index (χ0) is 21.0. The van der Waals surface area contributed by atoms with Crippen LogP contribution in [0.2, 0.25) is 0 Å². The minimum atomic E-state index is -4.49. The van der Waals surface area contributed by atoms with Gasteiger partial charge in [-0.05, 0) is 31.5 Å². The van der Waals surface area contributed by atoms with Crippen molar-refractivity contribution in [1.82, 2.24) is 10.4 Å². The number of hydrazone groups is 1. The van der Waals surface area contributed by atoms with Crippen molar-refractivity contribution >= 4 is 34.8 Å². The number of nitrogens with zero attached hydrogens (tertiary/aromatic N) is 2. The van der Waals surface area contributed by atoms with Crippen LogP contribution in [0.4, 0.5) is 13.2 Å². The molecule has 1 aromatic heterocycles. The molecule has 0 bridgehead atoms. The lowest BCUT2D eigenvalue weighted by atomic mass is 10.1. The average molecular weight is 417 g/mol. The third-order valence-electron chi connectivity index (χ3n) is 4.15. The number of carbonyl (C=O) groups excluding carboxylic acids is 1. The topological polar surface area (TPSA) is 54.4 Å². The Labute approximate surface area is 170 Å². The number of hydrogen-bond donors (Lipinski definition) is 1. The minimum Gasteiger partial charge on any atom is -0.272 e. The van der Waals surface area contributed by atoms with Crippen molar-refractivity contribution in [2.24, 2.45) is 5.10 Å². The summed E-state index contributed by atoms with van der Waals surface area (Å²) >= 11 is 1.33. The summed E-state index contributed by atoms with van der Waals surface area (Å²) in [6.07, 6.45) is -3.48. The summed E-state index contributed by atoms with van der Waals surface area (Å²) in [4.78, 5) is 17.6. The molecular weight excluding hydrogens is 399 g/mol. The lowest BCUT2D eigenvalue weighted by Crippen LogP contribution is -2.20. The summed E-state index contributed by atoms with van der Waals surface area (Å²) in [5, 5.41) is 4.63. The fraction of sp³-hybridized carbons (Fsp3) is 0.190. The number of pyridine rings is 1. The first-order valence-electron chi connectivity index (χ1n) is 8.73. The van der Waals surface area contributed by atoms with E-state index in [-0.39, 0.29) is 11.3 Å². The van der Waals surface area contributed by atoms with Gasteiger partial charge in [0, 0.05) is 21.5 Å². The molecule has 3 aromatic rings. The van der Waals surface area contributed by atoms with Crippen LogP contribution in [0.25, 0.3) is 10.9 Å². The summed E-state index contributed by atoms with van der Waals surface area (Å²) in [6, 6.07) is 12.8. The van der Waals surface area contributed by atoms with Gasteiger partial charge in [0.1, 0.15) is 0 Å². The molecule has 8 heteroatoms. The lowest BCUT2D eigenvalue weighted by molar-refractivity contribution is -0.137. The average Bonchev–Trinajstić information content (AvgIpc) is 2.66. The Balaban J connectivity index is 1.67. The summed E-state index contributed by atoms with van der Waals surface area (Å²) in [5.41, 5.74) is 4.14. The largest absolute Gasteiger partial charge is 0.417 e. The molecule has 0 atom stereocenters. The van der Waals surface area contributed by atoms with Crippen LogP contribution in [-0.2, 0) is 11.0 Å². The maximum Gasteiger partial charge on any atom is 0.417 e. The molecule has 0 saturated heterocycles. The molecule has 1 N–H and O–H groups in total. The Morgan fingerprint density at radius 2 is 1.93 bits per heavy atom. The highest BCUT2D eigenvalue weighted by molar-refractivity contribution is 8.00. The second-order valence-corrected chi connectivity index (χ2v) is 7.42. The van der Waals surface area contributed by atoms with E-state index in [2.05, 4.69) is 15.5 Å². The standard InChI is InChI=1S/C21H18F3N3OS/c1-13-6-5-8-16-18(10-14(2)26-20(13)16)29-12-19(28)27-25-11-15-7-3-4-9-17(15)21(22,23)24/h3-11H,12H2,1-2H3,(H,27,28)/b25-11-. The molecule has 2 aromatic carbocycles. The Morgan fingerprint density at radius 3 is 2.69 bits per heavy atom. The van der Waals surface area contributed by atoms with Crippen molar-refractivity contribution in [3.8, 4) is 0 Å². The van der Waals surface area contributed by atoms with Crippen LogP contribution in [-0.4, -0.2) is 22.9 Å². The Hall–Kier alpha value is -2.87. The maximum absolute atomic E-state index is 13.0. The minimum absolute atomic E-state index is 0.0742. The molecule has 0 aliphatic rings. The van der Waals surface area contributed by atoms with E-state index in [9.17, 15) is 18.0 Å². The van der Waals surface area contributed by atoms with E-state index < -0.39 is 17.6 Å². The predicted molar refractivity (Wildman–Crippen MR) is 109 cm³/mol. The van der Waals surface area contributed by atoms with E-state index in [0.717, 1.165) is 39.3 Å². The summed E-state index contributed by atoms with van der Waals surface area (Å²) < 4.78 is 38.9. The molecule has 0 spiro atoms. The number of carbonyl (C=O) groups is 1. The Bertz CT molecular complexity index is 1080. The number of thioether (sulfide) groups is 1. The van der Waals surface area contributed by atoms with Crippen LogP contribution in [0.3, 0.4) is 0 Å². The van der Waals surface area contributed by atoms with Gasteiger partial charge in [-0.25, -0.2) is 5.43 Å². The molecule has 150 valence electrons. The second-order valence-electron chi connectivity index (χ2n) is 6.40. The van der Waals surface area contributed by atoms with Crippen molar-refractivity contribution in [2.45, 2.75) is 24.9 Å². The highest BCUT2D eigenvalue weighted by Crippen LogP contribution is 2.31. The Kier molecular flexibility index (Phi) is 6.22. The van der Waals surface area contributed by atoms with Crippen molar-refractivity contribution in [3.05, 3.63) is 70.9 Å². The molecule has 29 heavy (non-hydrogen) atoms. The van der Waals surface area contributed by atoms with Crippen molar-refractivity contribution in [2.75, 3.05) is 5.75 Å². The number of para-hydroxylation sites is 1. The fourth-order valence-electron chi connectivity index (χ4n) is 2.82. The van der Waals surface area contributed by atoms with E-state index in [0.29, 0.717) is 0 Å². The molecule has 1 heterocycles. The maximum atomic E-state index is 13.0. The van der Waals surface area contributed by atoms with Gasteiger partial charge < -0.3 is 0 Å². The number of hydrogen-bond acceptors (Lipinski definition) is 4. The SMILES string of the molecule is Cc1cc(SCC(=O)N/N=C\c2ccccc2C(F)(F)F)c2cccc(C)c2n1. The first kappa shape index (κ1) is 20.9. The zero-order valence-corrected chi connectivity index (χ0v) is 16.6. The first-order chi connectivity index (χ1) is 13.8. The third-order valence-corrected chi connectivity index (χ3v) is 5.20. The number of nitrogens with one attached hydrogen (secondary N) is 1. The number of halogens is 3. The van der Waals surface area contributed by atoms with Crippen molar-refractivity contribution in [3.63, 3.8) is 0 Å². The van der Waals surface area contributed by atoms with E-state index in [1.807, 2.05) is 38.1 Å². The van der Waals surface area contributed by atoms with Gasteiger partial charge in [0.15, 0.2) is 0 Å². The van der Waals surface area contributed by atoms with E-state index in [4.69, 9.17) is 0 Å². The second kappa shape index (κ2) is 8.65. The normalized spacial score (nSPS) is 11.9. The Morgan fingerprint density at radius 1 is 1.17 bits per heavy atom. The highest BCUT2D eigenvalue weighted by atomic mass is 32.2. The summed E-state index contributed by atoms with van der Waals surface area (Å²) in [7, 11) is 0.